The van der Waals surface area contributed by atoms with E-state index < -0.39 is 0 Å². The van der Waals surface area contributed by atoms with Gasteiger partial charge in [-0.3, -0.25) is 4.79 Å². The van der Waals surface area contributed by atoms with Crippen LogP contribution in [0.4, 0.5) is 0 Å². The second kappa shape index (κ2) is 5.15. The number of nitrogens with one attached hydrogen (secondary N) is 2. The summed E-state index contributed by atoms with van der Waals surface area (Å²) in [5.74, 6) is -0.127. The minimum atomic E-state index is -0.127. The monoisotopic (exact) mass is 228 g/mol. The first-order valence-corrected chi connectivity index (χ1v) is 5.50. The normalized spacial score (nSPS) is 21.2. The highest BCUT2D eigenvalue weighted by molar-refractivity contribution is 7.07. The lowest BCUT2D eigenvalue weighted by Crippen LogP contribution is -2.48. The quantitative estimate of drug-likeness (QED) is 0.712. The molecule has 0 radical (unpaired) electrons. The largest absolute Gasteiger partial charge is 0.378 e. The highest BCUT2D eigenvalue weighted by atomic mass is 32.1. The van der Waals surface area contributed by atoms with E-state index in [-0.39, 0.29) is 11.9 Å². The number of rotatable bonds is 3. The molecule has 7 heteroatoms. The molecule has 1 aromatic rings. The van der Waals surface area contributed by atoms with Crippen LogP contribution in [0.25, 0.3) is 0 Å². The van der Waals surface area contributed by atoms with Gasteiger partial charge < -0.3 is 15.4 Å². The van der Waals surface area contributed by atoms with Crippen LogP contribution >= 0.6 is 11.5 Å². The number of aromatic nitrogens is 2. The fourth-order valence-electron chi connectivity index (χ4n) is 1.32. The fourth-order valence-corrected chi connectivity index (χ4v) is 1.75. The average molecular weight is 228 g/mol. The summed E-state index contributed by atoms with van der Waals surface area (Å²) in [6, 6.07) is 0.198. The molecule has 6 nitrogen and oxygen atoms in total. The highest BCUT2D eigenvalue weighted by Gasteiger charge is 2.15. The lowest BCUT2D eigenvalue weighted by molar-refractivity contribution is 0.0735. The van der Waals surface area contributed by atoms with Gasteiger partial charge in [0.1, 0.15) is 4.88 Å². The molecule has 15 heavy (non-hydrogen) atoms. The average Bonchev–Trinajstić information content (AvgIpc) is 2.81. The van der Waals surface area contributed by atoms with E-state index in [0.717, 1.165) is 24.7 Å². The molecule has 1 atom stereocenters. The van der Waals surface area contributed by atoms with E-state index in [2.05, 4.69) is 20.2 Å². The maximum atomic E-state index is 11.5. The minimum Gasteiger partial charge on any atom is -0.378 e. The number of carbonyl (C=O) groups is 1. The van der Waals surface area contributed by atoms with Crippen LogP contribution in [0.5, 0.6) is 0 Å². The zero-order valence-electron chi connectivity index (χ0n) is 8.10. The zero-order chi connectivity index (χ0) is 10.5. The Morgan fingerprint density at radius 1 is 1.80 bits per heavy atom. The van der Waals surface area contributed by atoms with Crippen LogP contribution in [0.1, 0.15) is 9.67 Å². The van der Waals surface area contributed by atoms with Gasteiger partial charge in [-0.1, -0.05) is 4.49 Å². The second-order valence-corrected chi connectivity index (χ2v) is 4.00. The predicted octanol–water partition coefficient (Wildman–Crippen LogP) is -0.744. The first kappa shape index (κ1) is 10.5. The summed E-state index contributed by atoms with van der Waals surface area (Å²) in [6.07, 6.45) is 1.46. The Morgan fingerprint density at radius 3 is 3.40 bits per heavy atom. The highest BCUT2D eigenvalue weighted by Crippen LogP contribution is 2.01. The number of carbonyl (C=O) groups excluding carboxylic acids is 1. The Bertz CT molecular complexity index is 310. The van der Waals surface area contributed by atoms with Crippen molar-refractivity contribution >= 4 is 17.4 Å². The zero-order valence-corrected chi connectivity index (χ0v) is 8.92. The van der Waals surface area contributed by atoms with E-state index in [1.165, 1.54) is 6.20 Å². The summed E-state index contributed by atoms with van der Waals surface area (Å²) in [6.45, 7) is 2.78. The van der Waals surface area contributed by atoms with Crippen LogP contribution in [0.15, 0.2) is 6.20 Å². The summed E-state index contributed by atoms with van der Waals surface area (Å²) in [5, 5.41) is 9.66. The summed E-state index contributed by atoms with van der Waals surface area (Å²) < 4.78 is 8.90. The van der Waals surface area contributed by atoms with Crippen LogP contribution < -0.4 is 10.6 Å². The third-order valence-electron chi connectivity index (χ3n) is 2.09. The molecule has 1 aliphatic heterocycles. The Kier molecular flexibility index (Phi) is 3.59. The fraction of sp³-hybridized carbons (Fsp3) is 0.625. The van der Waals surface area contributed by atoms with Gasteiger partial charge in [-0.15, -0.1) is 5.10 Å². The van der Waals surface area contributed by atoms with E-state index in [4.69, 9.17) is 4.74 Å². The van der Waals surface area contributed by atoms with Crippen molar-refractivity contribution < 1.29 is 9.53 Å². The van der Waals surface area contributed by atoms with Crippen LogP contribution in [-0.4, -0.2) is 47.8 Å². The molecule has 1 unspecified atom stereocenters. The number of morpholine rings is 1. The topological polar surface area (TPSA) is 76.1 Å². The van der Waals surface area contributed by atoms with Crippen LogP contribution in [0.3, 0.4) is 0 Å². The molecule has 2 rings (SSSR count). The van der Waals surface area contributed by atoms with E-state index in [9.17, 15) is 4.79 Å². The molecule has 1 aliphatic rings. The van der Waals surface area contributed by atoms with Gasteiger partial charge in [-0.05, 0) is 11.5 Å². The van der Waals surface area contributed by atoms with Gasteiger partial charge in [-0.25, -0.2) is 0 Å². The third-order valence-corrected chi connectivity index (χ3v) is 2.76. The molecule has 0 spiro atoms. The van der Waals surface area contributed by atoms with Gasteiger partial charge in [0.05, 0.1) is 19.4 Å². The molecule has 0 aromatic carbocycles. The van der Waals surface area contributed by atoms with Crippen molar-refractivity contribution in [2.45, 2.75) is 6.04 Å². The maximum absolute atomic E-state index is 11.5. The minimum absolute atomic E-state index is 0.127. The Labute approximate surface area is 91.2 Å². The first-order chi connectivity index (χ1) is 7.36. The third kappa shape index (κ3) is 2.95. The maximum Gasteiger partial charge on any atom is 0.264 e. The van der Waals surface area contributed by atoms with E-state index in [1.807, 2.05) is 0 Å². The molecule has 1 fully saturated rings. The molecular weight excluding hydrogens is 216 g/mol. The van der Waals surface area contributed by atoms with Gasteiger partial charge in [0.15, 0.2) is 0 Å². The Morgan fingerprint density at radius 2 is 2.73 bits per heavy atom. The molecule has 2 N–H and O–H groups in total. The molecule has 1 saturated heterocycles. The standard InChI is InChI=1S/C8H12N4O2S/c13-8(7-4-11-12-15-7)10-3-6-5-14-2-1-9-6/h4,6,9H,1-3,5H2,(H,10,13). The van der Waals surface area contributed by atoms with E-state index >= 15 is 0 Å². The first-order valence-electron chi connectivity index (χ1n) is 4.73. The summed E-state index contributed by atoms with van der Waals surface area (Å²) >= 11 is 1.09. The molecule has 1 amide bonds. The van der Waals surface area contributed by atoms with E-state index in [0.29, 0.717) is 18.0 Å². The lowest BCUT2D eigenvalue weighted by Gasteiger charge is -2.23. The number of nitrogens with zero attached hydrogens (tertiary/aromatic N) is 2. The Hall–Kier alpha value is -1.05. The smallest absolute Gasteiger partial charge is 0.264 e. The molecule has 82 valence electrons. The second-order valence-electron chi connectivity index (χ2n) is 3.22. The van der Waals surface area contributed by atoms with Gasteiger partial charge >= 0.3 is 0 Å². The number of hydrogen-bond donors (Lipinski definition) is 2. The number of amides is 1. The van der Waals surface area contributed by atoms with Crippen molar-refractivity contribution in [2.24, 2.45) is 0 Å². The Balaban J connectivity index is 1.75. The lowest BCUT2D eigenvalue weighted by atomic mass is 10.3. The molecular formula is C8H12N4O2S. The van der Waals surface area contributed by atoms with Crippen molar-refractivity contribution in [3.05, 3.63) is 11.1 Å². The summed E-state index contributed by atoms with van der Waals surface area (Å²) in [4.78, 5) is 12.0. The summed E-state index contributed by atoms with van der Waals surface area (Å²) in [5.41, 5.74) is 0. The van der Waals surface area contributed by atoms with Gasteiger partial charge in [-0.2, -0.15) is 0 Å². The van der Waals surface area contributed by atoms with Crippen LogP contribution in [0.2, 0.25) is 0 Å². The molecule has 0 aliphatic carbocycles. The van der Waals surface area contributed by atoms with Crippen molar-refractivity contribution in [3.63, 3.8) is 0 Å². The molecule has 2 heterocycles. The number of ether oxygens (including phenoxy) is 1. The molecule has 1 aromatic heterocycles. The van der Waals surface area contributed by atoms with Gasteiger partial charge in [0.25, 0.3) is 5.91 Å². The number of hydrogen-bond acceptors (Lipinski definition) is 6. The van der Waals surface area contributed by atoms with Gasteiger partial charge in [0, 0.05) is 19.1 Å². The van der Waals surface area contributed by atoms with E-state index in [1.54, 1.807) is 0 Å². The predicted molar refractivity (Wildman–Crippen MR) is 54.9 cm³/mol. The van der Waals surface area contributed by atoms with Crippen LogP contribution in [-0.2, 0) is 4.74 Å². The van der Waals surface area contributed by atoms with Crippen molar-refractivity contribution in [1.29, 1.82) is 0 Å². The summed E-state index contributed by atoms with van der Waals surface area (Å²) in [7, 11) is 0. The van der Waals surface area contributed by atoms with Crippen molar-refractivity contribution in [3.8, 4) is 0 Å². The van der Waals surface area contributed by atoms with Crippen molar-refractivity contribution in [2.75, 3.05) is 26.3 Å². The SMILES string of the molecule is O=C(NCC1COCCN1)c1cnns1. The molecule has 0 bridgehead atoms. The van der Waals surface area contributed by atoms with Crippen LogP contribution in [0, 0.1) is 0 Å². The van der Waals surface area contributed by atoms with Crippen molar-refractivity contribution in [1.82, 2.24) is 20.2 Å². The van der Waals surface area contributed by atoms with Gasteiger partial charge in [0.2, 0.25) is 0 Å². The molecule has 0 saturated carbocycles.